The van der Waals surface area contributed by atoms with E-state index in [1.165, 1.54) is 5.56 Å². The molecule has 1 aromatic carbocycles. The third kappa shape index (κ3) is 5.52. The van der Waals surface area contributed by atoms with Crippen LogP contribution in [0, 0.1) is 0 Å². The quantitative estimate of drug-likeness (QED) is 0.767. The van der Waals surface area contributed by atoms with E-state index in [2.05, 4.69) is 22.6 Å². The number of nitrogens with zero attached hydrogens (tertiary/aromatic N) is 2. The third-order valence-corrected chi connectivity index (χ3v) is 5.11. The molecule has 1 aliphatic heterocycles. The van der Waals surface area contributed by atoms with Crippen molar-refractivity contribution in [3.05, 3.63) is 45.9 Å². The first kappa shape index (κ1) is 18.8. The molecular weight excluding hydrogens is 350 g/mol. The van der Waals surface area contributed by atoms with Gasteiger partial charge in [-0.15, -0.1) is 11.3 Å². The fraction of sp³-hybridized carbons (Fsp3) is 0.474. The Morgan fingerprint density at radius 2 is 2.04 bits per heavy atom. The van der Waals surface area contributed by atoms with Crippen molar-refractivity contribution in [3.63, 3.8) is 0 Å². The maximum absolute atomic E-state index is 12.1. The lowest BCUT2D eigenvalue weighted by atomic mass is 10.2. The Kier molecular flexibility index (Phi) is 6.99. The molecule has 0 saturated carbocycles. The molecule has 6 nitrogen and oxygen atoms in total. The van der Waals surface area contributed by atoms with Gasteiger partial charge in [0.15, 0.2) is 6.61 Å². The molecule has 0 radical (unpaired) electrons. The number of aryl methyl sites for hydroxylation is 1. The van der Waals surface area contributed by atoms with Gasteiger partial charge in [0, 0.05) is 31.6 Å². The first-order valence-corrected chi connectivity index (χ1v) is 9.84. The number of rotatable bonds is 8. The molecule has 1 aliphatic rings. The number of nitrogens with one attached hydrogen (secondary N) is 1. The Balaban J connectivity index is 1.39. The Hall–Kier alpha value is -1.96. The number of aromatic nitrogens is 1. The van der Waals surface area contributed by atoms with Gasteiger partial charge in [0.05, 0.1) is 18.9 Å². The van der Waals surface area contributed by atoms with Crippen molar-refractivity contribution in [1.29, 1.82) is 0 Å². The van der Waals surface area contributed by atoms with Crippen molar-refractivity contribution < 1.29 is 14.3 Å². The summed E-state index contributed by atoms with van der Waals surface area (Å²) in [7, 11) is 0. The lowest BCUT2D eigenvalue weighted by Crippen LogP contribution is -2.42. The number of benzene rings is 1. The summed E-state index contributed by atoms with van der Waals surface area (Å²) in [5.41, 5.74) is 2.32. The zero-order chi connectivity index (χ0) is 18.2. The highest BCUT2D eigenvalue weighted by Gasteiger charge is 2.17. The van der Waals surface area contributed by atoms with E-state index in [0.29, 0.717) is 32.1 Å². The summed E-state index contributed by atoms with van der Waals surface area (Å²) >= 11 is 1.70. The molecule has 1 fully saturated rings. The van der Waals surface area contributed by atoms with Gasteiger partial charge in [-0.3, -0.25) is 4.79 Å². The van der Waals surface area contributed by atoms with Crippen molar-refractivity contribution in [2.75, 3.05) is 32.9 Å². The van der Waals surface area contributed by atoms with Crippen LogP contribution in [0.4, 0.5) is 0 Å². The lowest BCUT2D eigenvalue weighted by Gasteiger charge is -2.26. The average molecular weight is 375 g/mol. The largest absolute Gasteiger partial charge is 0.484 e. The monoisotopic (exact) mass is 375 g/mol. The van der Waals surface area contributed by atoms with Gasteiger partial charge in [0.1, 0.15) is 10.8 Å². The van der Waals surface area contributed by atoms with Gasteiger partial charge in [-0.2, -0.15) is 0 Å². The van der Waals surface area contributed by atoms with Crippen LogP contribution in [0.25, 0.3) is 0 Å². The molecule has 1 N–H and O–H groups in total. The van der Waals surface area contributed by atoms with Crippen LogP contribution in [0.1, 0.15) is 23.2 Å². The standard InChI is InChI=1S/C19H25N3O3S/c1-2-16-14-26-18(21-16)12-20-11-15-3-5-17(6-4-15)25-13-19(23)22-7-9-24-10-8-22/h3-6,14,20H,2,7-13H2,1H3. The van der Waals surface area contributed by atoms with E-state index in [0.717, 1.165) is 30.2 Å². The van der Waals surface area contributed by atoms with E-state index in [4.69, 9.17) is 9.47 Å². The number of amides is 1. The van der Waals surface area contributed by atoms with Crippen molar-refractivity contribution >= 4 is 17.2 Å². The van der Waals surface area contributed by atoms with E-state index < -0.39 is 0 Å². The first-order valence-electron chi connectivity index (χ1n) is 8.96. The fourth-order valence-corrected chi connectivity index (χ4v) is 3.51. The van der Waals surface area contributed by atoms with Crippen LogP contribution in [0.5, 0.6) is 5.75 Å². The molecule has 7 heteroatoms. The molecule has 0 aliphatic carbocycles. The summed E-state index contributed by atoms with van der Waals surface area (Å²) in [6.07, 6.45) is 0.978. The second kappa shape index (κ2) is 9.66. The minimum Gasteiger partial charge on any atom is -0.484 e. The predicted molar refractivity (Wildman–Crippen MR) is 101 cm³/mol. The van der Waals surface area contributed by atoms with Crippen molar-refractivity contribution in [2.24, 2.45) is 0 Å². The molecule has 3 rings (SSSR count). The molecule has 0 unspecified atom stereocenters. The van der Waals surface area contributed by atoms with Crippen molar-refractivity contribution in [1.82, 2.24) is 15.2 Å². The third-order valence-electron chi connectivity index (χ3n) is 4.22. The van der Waals surface area contributed by atoms with E-state index in [1.54, 1.807) is 16.2 Å². The Morgan fingerprint density at radius 3 is 2.73 bits per heavy atom. The normalized spacial score (nSPS) is 14.4. The van der Waals surface area contributed by atoms with E-state index in [9.17, 15) is 4.79 Å². The molecule has 0 bridgehead atoms. The molecule has 140 valence electrons. The van der Waals surface area contributed by atoms with Gasteiger partial charge in [-0.05, 0) is 24.1 Å². The second-order valence-electron chi connectivity index (χ2n) is 6.12. The van der Waals surface area contributed by atoms with E-state index in [-0.39, 0.29) is 12.5 Å². The molecule has 2 heterocycles. The first-order chi connectivity index (χ1) is 12.7. The molecular formula is C19H25N3O3S. The van der Waals surface area contributed by atoms with Crippen LogP contribution in [-0.2, 0) is 29.0 Å². The van der Waals surface area contributed by atoms with Crippen molar-refractivity contribution in [2.45, 2.75) is 26.4 Å². The second-order valence-corrected chi connectivity index (χ2v) is 7.06. The minimum atomic E-state index is 0.00828. The molecule has 26 heavy (non-hydrogen) atoms. The number of carbonyl (C=O) groups excluding carboxylic acids is 1. The Labute approximate surface area is 158 Å². The number of hydrogen-bond donors (Lipinski definition) is 1. The fourth-order valence-electron chi connectivity index (χ4n) is 2.66. The van der Waals surface area contributed by atoms with Crippen LogP contribution in [0.2, 0.25) is 0 Å². The van der Waals surface area contributed by atoms with Gasteiger partial charge in [-0.1, -0.05) is 19.1 Å². The summed E-state index contributed by atoms with van der Waals surface area (Å²) < 4.78 is 10.9. The Morgan fingerprint density at radius 1 is 1.27 bits per heavy atom. The summed E-state index contributed by atoms with van der Waals surface area (Å²) in [5.74, 6) is 0.719. The molecule has 1 saturated heterocycles. The van der Waals surface area contributed by atoms with Crippen LogP contribution < -0.4 is 10.1 Å². The maximum atomic E-state index is 12.1. The number of thiazole rings is 1. The van der Waals surface area contributed by atoms with Gasteiger partial charge in [0.2, 0.25) is 0 Å². The zero-order valence-corrected chi connectivity index (χ0v) is 15.9. The van der Waals surface area contributed by atoms with Gasteiger partial charge < -0.3 is 19.7 Å². The summed E-state index contributed by atoms with van der Waals surface area (Å²) in [5, 5.41) is 6.63. The number of carbonyl (C=O) groups is 1. The predicted octanol–water partition coefficient (Wildman–Crippen LogP) is 2.23. The number of morpholine rings is 1. The topological polar surface area (TPSA) is 63.7 Å². The Bertz CT molecular complexity index is 696. The van der Waals surface area contributed by atoms with Crippen molar-refractivity contribution in [3.8, 4) is 5.75 Å². The van der Waals surface area contributed by atoms with Crippen LogP contribution in [0.15, 0.2) is 29.6 Å². The number of ether oxygens (including phenoxy) is 2. The SMILES string of the molecule is CCc1csc(CNCc2ccc(OCC(=O)N3CCOCC3)cc2)n1. The lowest BCUT2D eigenvalue weighted by molar-refractivity contribution is -0.137. The zero-order valence-electron chi connectivity index (χ0n) is 15.1. The molecule has 0 spiro atoms. The summed E-state index contributed by atoms with van der Waals surface area (Å²) in [4.78, 5) is 18.4. The highest BCUT2D eigenvalue weighted by atomic mass is 32.1. The minimum absolute atomic E-state index is 0.00828. The van der Waals surface area contributed by atoms with Gasteiger partial charge in [0.25, 0.3) is 5.91 Å². The molecule has 1 amide bonds. The van der Waals surface area contributed by atoms with Gasteiger partial charge >= 0.3 is 0 Å². The molecule has 1 aromatic heterocycles. The van der Waals surface area contributed by atoms with Gasteiger partial charge in [-0.25, -0.2) is 4.98 Å². The average Bonchev–Trinajstić information content (AvgIpc) is 3.16. The number of hydrogen-bond acceptors (Lipinski definition) is 6. The van der Waals surface area contributed by atoms with E-state index in [1.807, 2.05) is 24.3 Å². The van der Waals surface area contributed by atoms with E-state index >= 15 is 0 Å². The summed E-state index contributed by atoms with van der Waals surface area (Å²) in [6.45, 7) is 6.23. The van der Waals surface area contributed by atoms with Crippen LogP contribution in [-0.4, -0.2) is 48.7 Å². The molecule has 2 aromatic rings. The van der Waals surface area contributed by atoms with Crippen LogP contribution >= 0.6 is 11.3 Å². The summed E-state index contributed by atoms with van der Waals surface area (Å²) in [6, 6.07) is 7.84. The highest BCUT2D eigenvalue weighted by Crippen LogP contribution is 2.13. The smallest absolute Gasteiger partial charge is 0.260 e. The molecule has 0 atom stereocenters. The van der Waals surface area contributed by atoms with Crippen LogP contribution in [0.3, 0.4) is 0 Å². The maximum Gasteiger partial charge on any atom is 0.260 e. The highest BCUT2D eigenvalue weighted by molar-refractivity contribution is 7.09.